The number of fused-ring (bicyclic) bond motifs is 1. The number of ether oxygens (including phenoxy) is 2. The zero-order chi connectivity index (χ0) is 21.8. The molecule has 1 fully saturated rings. The molecule has 5 rings (SSSR count). The van der Waals surface area contributed by atoms with E-state index in [-0.39, 0.29) is 5.75 Å². The molecule has 1 aromatic heterocycles. The number of aromatic hydroxyl groups is 1. The van der Waals surface area contributed by atoms with Gasteiger partial charge in [0.05, 0.1) is 4.88 Å². The summed E-state index contributed by atoms with van der Waals surface area (Å²) in [5, 5.41) is 10.9. The van der Waals surface area contributed by atoms with Crippen molar-refractivity contribution in [1.82, 2.24) is 4.90 Å². The number of piperidine rings is 1. The maximum atomic E-state index is 9.92. The number of phenols is 1. The third-order valence-corrected chi connectivity index (χ3v) is 6.96. The molecule has 4 nitrogen and oxygen atoms in total. The Bertz CT molecular complexity index is 1160. The van der Waals surface area contributed by atoms with Gasteiger partial charge in [0, 0.05) is 16.6 Å². The molecule has 1 aliphatic rings. The summed E-state index contributed by atoms with van der Waals surface area (Å²) in [5.74, 6) is 2.66. The van der Waals surface area contributed by atoms with Crippen molar-refractivity contribution < 1.29 is 14.6 Å². The molecule has 3 aromatic carbocycles. The maximum absolute atomic E-state index is 9.92. The van der Waals surface area contributed by atoms with Crippen molar-refractivity contribution in [2.24, 2.45) is 0 Å². The third kappa shape index (κ3) is 4.74. The fourth-order valence-corrected chi connectivity index (χ4v) is 5.26. The van der Waals surface area contributed by atoms with Crippen molar-refractivity contribution in [3.8, 4) is 33.4 Å². The minimum atomic E-state index is 0.254. The number of hydrogen-bond donors (Lipinski definition) is 1. The quantitative estimate of drug-likeness (QED) is 0.343. The lowest BCUT2D eigenvalue weighted by atomic mass is 10.1. The Kier molecular flexibility index (Phi) is 6.28. The highest BCUT2D eigenvalue weighted by Gasteiger charge is 2.17. The molecule has 0 spiro atoms. The fraction of sp³-hybridized carbons (Fsp3) is 0.259. The van der Waals surface area contributed by atoms with Gasteiger partial charge in [-0.25, -0.2) is 0 Å². The first-order valence-electron chi connectivity index (χ1n) is 11.1. The van der Waals surface area contributed by atoms with Crippen LogP contribution in [0, 0.1) is 6.07 Å². The lowest BCUT2D eigenvalue weighted by Gasteiger charge is -2.26. The minimum absolute atomic E-state index is 0.254. The van der Waals surface area contributed by atoms with Gasteiger partial charge in [-0.15, -0.1) is 11.3 Å². The summed E-state index contributed by atoms with van der Waals surface area (Å²) in [6, 6.07) is 24.1. The normalized spacial score (nSPS) is 14.5. The van der Waals surface area contributed by atoms with E-state index in [0.717, 1.165) is 44.3 Å². The van der Waals surface area contributed by atoms with Gasteiger partial charge in [0.25, 0.3) is 0 Å². The van der Waals surface area contributed by atoms with E-state index in [2.05, 4.69) is 11.0 Å². The maximum Gasteiger partial charge on any atom is 0.153 e. The van der Waals surface area contributed by atoms with Crippen LogP contribution in [0.4, 0.5) is 0 Å². The van der Waals surface area contributed by atoms with E-state index in [4.69, 9.17) is 9.47 Å². The van der Waals surface area contributed by atoms with Crippen molar-refractivity contribution >= 4 is 21.4 Å². The summed E-state index contributed by atoms with van der Waals surface area (Å²) in [4.78, 5) is 3.50. The van der Waals surface area contributed by atoms with Crippen molar-refractivity contribution in [3.63, 3.8) is 0 Å². The molecule has 1 aliphatic heterocycles. The van der Waals surface area contributed by atoms with E-state index >= 15 is 0 Å². The molecule has 0 bridgehead atoms. The smallest absolute Gasteiger partial charge is 0.153 e. The Balaban J connectivity index is 1.32. The van der Waals surface area contributed by atoms with Crippen LogP contribution < -0.4 is 9.47 Å². The fourth-order valence-electron chi connectivity index (χ4n) is 4.09. The molecule has 32 heavy (non-hydrogen) atoms. The van der Waals surface area contributed by atoms with Crippen LogP contribution in [0.15, 0.2) is 66.7 Å². The van der Waals surface area contributed by atoms with Gasteiger partial charge in [-0.2, -0.15) is 0 Å². The molecular weight excluding hydrogens is 418 g/mol. The van der Waals surface area contributed by atoms with Gasteiger partial charge in [-0.1, -0.05) is 30.7 Å². The van der Waals surface area contributed by atoms with Crippen LogP contribution in [0.5, 0.6) is 23.0 Å². The van der Waals surface area contributed by atoms with Crippen molar-refractivity contribution in [1.29, 1.82) is 0 Å². The van der Waals surface area contributed by atoms with E-state index in [1.165, 1.54) is 32.4 Å². The molecule has 0 saturated carbocycles. The number of likely N-dealkylation sites (tertiary alicyclic amines) is 1. The third-order valence-electron chi connectivity index (χ3n) is 5.78. The summed E-state index contributed by atoms with van der Waals surface area (Å²) < 4.78 is 13.3. The number of nitrogens with zero attached hydrogens (tertiary/aromatic N) is 1. The Morgan fingerprint density at radius 1 is 0.906 bits per heavy atom. The number of phenolic OH excluding ortho intramolecular Hbond substituents is 1. The first kappa shape index (κ1) is 20.9. The molecule has 163 valence electrons. The molecule has 1 saturated heterocycles. The van der Waals surface area contributed by atoms with E-state index in [9.17, 15) is 5.11 Å². The van der Waals surface area contributed by atoms with E-state index < -0.39 is 0 Å². The summed E-state index contributed by atoms with van der Waals surface area (Å²) >= 11 is 1.61. The van der Waals surface area contributed by atoms with Gasteiger partial charge < -0.3 is 14.6 Å². The van der Waals surface area contributed by atoms with Crippen LogP contribution in [0.25, 0.3) is 20.5 Å². The van der Waals surface area contributed by atoms with Crippen LogP contribution in [0.1, 0.15) is 19.3 Å². The summed E-state index contributed by atoms with van der Waals surface area (Å²) in [6.07, 6.45) is 3.95. The lowest BCUT2D eigenvalue weighted by Crippen LogP contribution is -2.33. The van der Waals surface area contributed by atoms with Gasteiger partial charge >= 0.3 is 0 Å². The Labute approximate surface area is 192 Å². The van der Waals surface area contributed by atoms with Gasteiger partial charge in [-0.05, 0) is 80.0 Å². The highest BCUT2D eigenvalue weighted by molar-refractivity contribution is 7.22. The Morgan fingerprint density at radius 2 is 1.66 bits per heavy atom. The second-order valence-electron chi connectivity index (χ2n) is 8.05. The minimum Gasteiger partial charge on any atom is -0.508 e. The molecule has 1 radical (unpaired) electrons. The number of benzene rings is 3. The van der Waals surface area contributed by atoms with Crippen LogP contribution in [0.3, 0.4) is 0 Å². The predicted molar refractivity (Wildman–Crippen MR) is 130 cm³/mol. The monoisotopic (exact) mass is 444 g/mol. The molecule has 0 atom stereocenters. The largest absolute Gasteiger partial charge is 0.508 e. The second kappa shape index (κ2) is 9.63. The summed E-state index contributed by atoms with van der Waals surface area (Å²) in [7, 11) is 0. The van der Waals surface area contributed by atoms with Crippen LogP contribution in [0.2, 0.25) is 0 Å². The first-order valence-corrected chi connectivity index (χ1v) is 11.9. The van der Waals surface area contributed by atoms with Gasteiger partial charge in [0.1, 0.15) is 23.9 Å². The SMILES string of the molecule is Oc1ccc2c(Oc3ccc(OCCN4CCCCC4)cc3)c(-c3cc[c]cc3)sc2c1. The van der Waals surface area contributed by atoms with Crippen LogP contribution in [-0.2, 0) is 0 Å². The van der Waals surface area contributed by atoms with Crippen molar-refractivity contribution in [3.05, 3.63) is 72.8 Å². The molecular formula is C27H26NO3S. The zero-order valence-electron chi connectivity index (χ0n) is 17.9. The van der Waals surface area contributed by atoms with Crippen LogP contribution in [-0.4, -0.2) is 36.2 Å². The lowest BCUT2D eigenvalue weighted by molar-refractivity contribution is 0.183. The summed E-state index contributed by atoms with van der Waals surface area (Å²) in [6.45, 7) is 4.05. The van der Waals surface area contributed by atoms with Crippen molar-refractivity contribution in [2.45, 2.75) is 19.3 Å². The molecule has 5 heteroatoms. The molecule has 0 unspecified atom stereocenters. The Hall–Kier alpha value is -3.02. The average Bonchev–Trinajstić information content (AvgIpc) is 3.18. The number of hydrogen-bond acceptors (Lipinski definition) is 5. The molecule has 2 heterocycles. The zero-order valence-corrected chi connectivity index (χ0v) is 18.7. The van der Waals surface area contributed by atoms with E-state index in [1.54, 1.807) is 23.5 Å². The standard InChI is InChI=1S/C27H26NO3S/c29-21-9-14-24-25(19-21)32-27(20-7-3-1-4-8-20)26(24)31-23-12-10-22(11-13-23)30-18-17-28-15-5-2-6-16-28/h3-4,7-14,19,29H,2,5-6,15-18H2. The molecule has 0 amide bonds. The van der Waals surface area contributed by atoms with E-state index in [0.29, 0.717) is 6.61 Å². The molecule has 1 N–H and O–H groups in total. The van der Waals surface area contributed by atoms with E-state index in [1.807, 2.05) is 54.6 Å². The number of rotatable bonds is 7. The van der Waals surface area contributed by atoms with Gasteiger partial charge in [0.2, 0.25) is 0 Å². The molecule has 0 aliphatic carbocycles. The molecule has 4 aromatic rings. The van der Waals surface area contributed by atoms with Crippen molar-refractivity contribution in [2.75, 3.05) is 26.2 Å². The Morgan fingerprint density at radius 3 is 2.44 bits per heavy atom. The second-order valence-corrected chi connectivity index (χ2v) is 9.11. The topological polar surface area (TPSA) is 41.9 Å². The first-order chi connectivity index (χ1) is 15.8. The van der Waals surface area contributed by atoms with Crippen LogP contribution >= 0.6 is 11.3 Å². The highest BCUT2D eigenvalue weighted by Crippen LogP contribution is 2.47. The number of thiophene rings is 1. The van der Waals surface area contributed by atoms with Gasteiger partial charge in [-0.3, -0.25) is 4.90 Å². The summed E-state index contributed by atoms with van der Waals surface area (Å²) in [5.41, 5.74) is 1.07. The highest BCUT2D eigenvalue weighted by atomic mass is 32.1. The predicted octanol–water partition coefficient (Wildman–Crippen LogP) is 6.73. The van der Waals surface area contributed by atoms with Gasteiger partial charge in [0.15, 0.2) is 5.75 Å². The average molecular weight is 445 g/mol.